The number of benzene rings is 2. The minimum Gasteiger partial charge on any atom is -0.325 e. The second-order valence-corrected chi connectivity index (χ2v) is 10.1. The third-order valence-electron chi connectivity index (χ3n) is 5.86. The molecular weight excluding hydrogens is 432 g/mol. The maximum Gasteiger partial charge on any atom is 0.328 e. The predicted molar refractivity (Wildman–Crippen MR) is 112 cm³/mol. The topological polar surface area (TPSA) is 56.1 Å². The zero-order valence-corrected chi connectivity index (χ0v) is 18.0. The van der Waals surface area contributed by atoms with Gasteiger partial charge in [0.2, 0.25) is 0 Å². The second-order valence-electron chi connectivity index (χ2n) is 7.71. The lowest BCUT2D eigenvalue weighted by Gasteiger charge is -2.23. The highest BCUT2D eigenvalue weighted by Gasteiger charge is 2.37. The molecule has 2 aromatic carbocycles. The van der Waals surface area contributed by atoms with Crippen LogP contribution in [-0.4, -0.2) is 25.3 Å². The molecule has 0 bridgehead atoms. The van der Waals surface area contributed by atoms with Crippen LogP contribution in [-0.2, 0) is 21.1 Å². The highest BCUT2D eigenvalue weighted by molar-refractivity contribution is 7.91. The molecule has 1 aliphatic carbocycles. The van der Waals surface area contributed by atoms with Gasteiger partial charge in [-0.15, -0.1) is 0 Å². The standard InChI is InChI=1S/C22H20ClF2NO3S/c1-3-12-6-9-16-17-10-15(24)11-18(30(2,28)29)21(17)26(19(12)16)20(22(25)27)13-4-7-14(23)8-5-13/h4-5,7-8,10-12,20H,3,6,9H2,1-2H3/t12-,20+/m0/s1. The van der Waals surface area contributed by atoms with Gasteiger partial charge in [-0.25, -0.2) is 12.8 Å². The number of hydrogen-bond acceptors (Lipinski definition) is 3. The number of rotatable bonds is 5. The molecule has 0 radical (unpaired) electrons. The molecule has 0 saturated heterocycles. The summed E-state index contributed by atoms with van der Waals surface area (Å²) in [5.74, 6) is -0.672. The van der Waals surface area contributed by atoms with Crippen molar-refractivity contribution >= 4 is 38.4 Å². The Morgan fingerprint density at radius 2 is 1.93 bits per heavy atom. The summed E-state index contributed by atoms with van der Waals surface area (Å²) in [5.41, 5.74) is 2.00. The van der Waals surface area contributed by atoms with Gasteiger partial charge in [-0.3, -0.25) is 4.79 Å². The van der Waals surface area contributed by atoms with Crippen LogP contribution in [0.1, 0.15) is 48.5 Å². The lowest BCUT2D eigenvalue weighted by molar-refractivity contribution is -0.131. The van der Waals surface area contributed by atoms with E-state index < -0.39 is 27.7 Å². The average Bonchev–Trinajstić information content (AvgIpc) is 3.21. The fourth-order valence-electron chi connectivity index (χ4n) is 4.59. The number of carbonyl (C=O) groups is 1. The van der Waals surface area contributed by atoms with Crippen molar-refractivity contribution in [2.75, 3.05) is 6.26 Å². The first-order valence-electron chi connectivity index (χ1n) is 9.64. The number of hydrogen-bond donors (Lipinski definition) is 0. The van der Waals surface area contributed by atoms with Crippen LogP contribution in [0, 0.1) is 5.82 Å². The summed E-state index contributed by atoms with van der Waals surface area (Å²) in [5, 5.41) is 0.846. The number of aromatic nitrogens is 1. The zero-order chi connectivity index (χ0) is 21.8. The van der Waals surface area contributed by atoms with Crippen molar-refractivity contribution in [2.45, 2.75) is 43.0 Å². The molecule has 2 atom stereocenters. The van der Waals surface area contributed by atoms with Crippen molar-refractivity contribution < 1.29 is 22.0 Å². The Hall–Kier alpha value is -2.25. The number of sulfone groups is 1. The number of halogens is 3. The smallest absolute Gasteiger partial charge is 0.325 e. The van der Waals surface area contributed by atoms with Crippen LogP contribution in [0.25, 0.3) is 10.9 Å². The van der Waals surface area contributed by atoms with Crippen LogP contribution in [0.15, 0.2) is 41.3 Å². The summed E-state index contributed by atoms with van der Waals surface area (Å²) in [7, 11) is -3.85. The van der Waals surface area contributed by atoms with Gasteiger partial charge in [-0.1, -0.05) is 30.7 Å². The van der Waals surface area contributed by atoms with Gasteiger partial charge in [0, 0.05) is 22.4 Å². The molecule has 158 valence electrons. The maximum atomic E-state index is 14.5. The molecule has 0 unspecified atom stereocenters. The molecule has 30 heavy (non-hydrogen) atoms. The van der Waals surface area contributed by atoms with E-state index in [1.807, 2.05) is 6.92 Å². The summed E-state index contributed by atoms with van der Waals surface area (Å²) in [6, 6.07) is 5.39. The van der Waals surface area contributed by atoms with Gasteiger partial charge in [-0.05, 0) is 60.6 Å². The van der Waals surface area contributed by atoms with Crippen LogP contribution in [0.5, 0.6) is 0 Å². The van der Waals surface area contributed by atoms with Gasteiger partial charge in [0.15, 0.2) is 9.84 Å². The monoisotopic (exact) mass is 451 g/mol. The molecule has 0 saturated carbocycles. The Kier molecular flexibility index (Phi) is 5.22. The van der Waals surface area contributed by atoms with E-state index in [-0.39, 0.29) is 16.3 Å². The van der Waals surface area contributed by atoms with E-state index in [2.05, 4.69) is 0 Å². The molecule has 0 amide bonds. The van der Waals surface area contributed by atoms with Crippen molar-refractivity contribution in [3.63, 3.8) is 0 Å². The Bertz CT molecular complexity index is 1270. The largest absolute Gasteiger partial charge is 0.328 e. The van der Waals surface area contributed by atoms with E-state index in [1.165, 1.54) is 10.6 Å². The molecule has 1 heterocycles. The average molecular weight is 452 g/mol. The van der Waals surface area contributed by atoms with Gasteiger partial charge in [0.25, 0.3) is 0 Å². The molecule has 4 nitrogen and oxygen atoms in total. The molecule has 1 aliphatic rings. The number of fused-ring (bicyclic) bond motifs is 3. The molecule has 0 aliphatic heterocycles. The molecule has 0 spiro atoms. The van der Waals surface area contributed by atoms with E-state index in [4.69, 9.17) is 11.6 Å². The van der Waals surface area contributed by atoms with Gasteiger partial charge < -0.3 is 4.57 Å². The fraction of sp³-hybridized carbons (Fsp3) is 0.318. The van der Waals surface area contributed by atoms with E-state index in [0.29, 0.717) is 28.1 Å². The first-order valence-corrected chi connectivity index (χ1v) is 11.9. The zero-order valence-electron chi connectivity index (χ0n) is 16.5. The van der Waals surface area contributed by atoms with Gasteiger partial charge >= 0.3 is 6.04 Å². The molecular formula is C22H20ClF2NO3S. The van der Waals surface area contributed by atoms with Crippen molar-refractivity contribution in [3.05, 3.63) is 64.1 Å². The third kappa shape index (κ3) is 3.34. The van der Waals surface area contributed by atoms with Crippen molar-refractivity contribution in [2.24, 2.45) is 0 Å². The van der Waals surface area contributed by atoms with Gasteiger partial charge in [0.05, 0.1) is 10.4 Å². The van der Waals surface area contributed by atoms with Gasteiger partial charge in [0.1, 0.15) is 11.9 Å². The minimum atomic E-state index is -3.85. The first kappa shape index (κ1) is 21.0. The van der Waals surface area contributed by atoms with Crippen LogP contribution in [0.2, 0.25) is 5.02 Å². The highest BCUT2D eigenvalue weighted by atomic mass is 35.5. The summed E-state index contributed by atoms with van der Waals surface area (Å²) >= 11 is 5.95. The van der Waals surface area contributed by atoms with Gasteiger partial charge in [-0.2, -0.15) is 4.39 Å². The van der Waals surface area contributed by atoms with Crippen molar-refractivity contribution in [3.8, 4) is 0 Å². The van der Waals surface area contributed by atoms with Crippen LogP contribution in [0.4, 0.5) is 8.78 Å². The molecule has 8 heteroatoms. The molecule has 0 fully saturated rings. The Morgan fingerprint density at radius 1 is 1.27 bits per heavy atom. The van der Waals surface area contributed by atoms with Crippen LogP contribution < -0.4 is 0 Å². The van der Waals surface area contributed by atoms with Crippen molar-refractivity contribution in [1.29, 1.82) is 0 Å². The summed E-state index contributed by atoms with van der Waals surface area (Å²) in [4.78, 5) is 12.0. The minimum absolute atomic E-state index is 0.0111. The Balaban J connectivity index is 2.17. The number of carbonyl (C=O) groups excluding carboxylic acids is 1. The van der Waals surface area contributed by atoms with Crippen molar-refractivity contribution in [1.82, 2.24) is 4.57 Å². The summed E-state index contributed by atoms with van der Waals surface area (Å²) < 4.78 is 55.4. The second kappa shape index (κ2) is 7.46. The Morgan fingerprint density at radius 3 is 2.50 bits per heavy atom. The molecule has 1 aromatic heterocycles. The normalized spacial score (nSPS) is 17.3. The first-order chi connectivity index (χ1) is 14.1. The third-order valence-corrected chi connectivity index (χ3v) is 7.22. The summed E-state index contributed by atoms with van der Waals surface area (Å²) in [6.45, 7) is 1.98. The lowest BCUT2D eigenvalue weighted by atomic mass is 10.0. The van der Waals surface area contributed by atoms with E-state index in [1.54, 1.807) is 24.3 Å². The SMILES string of the molecule is CC[C@H]1CCc2c1n([C@@H](C(=O)F)c1ccc(Cl)cc1)c1c(S(C)(=O)=O)cc(F)cc21. The van der Waals surface area contributed by atoms with E-state index in [0.717, 1.165) is 30.7 Å². The maximum absolute atomic E-state index is 14.5. The highest BCUT2D eigenvalue weighted by Crippen LogP contribution is 2.46. The quantitative estimate of drug-likeness (QED) is 0.490. The summed E-state index contributed by atoms with van der Waals surface area (Å²) in [6.07, 6.45) is 3.09. The Labute approximate surface area is 178 Å². The molecule has 4 rings (SSSR count). The van der Waals surface area contributed by atoms with Crippen LogP contribution >= 0.6 is 11.6 Å². The lowest BCUT2D eigenvalue weighted by Crippen LogP contribution is -2.21. The fourth-order valence-corrected chi connectivity index (χ4v) is 5.60. The number of nitrogens with zero attached hydrogens (tertiary/aromatic N) is 1. The number of aryl methyl sites for hydroxylation is 1. The van der Waals surface area contributed by atoms with E-state index in [9.17, 15) is 22.0 Å². The predicted octanol–water partition coefficient (Wildman–Crippen LogP) is 5.36. The molecule has 0 N–H and O–H groups in total. The molecule has 3 aromatic rings. The van der Waals surface area contributed by atoms with E-state index >= 15 is 0 Å². The van der Waals surface area contributed by atoms with Crippen LogP contribution in [0.3, 0.4) is 0 Å².